The van der Waals surface area contributed by atoms with E-state index in [-0.39, 0.29) is 18.1 Å². The molecule has 116 valence electrons. The van der Waals surface area contributed by atoms with Crippen molar-refractivity contribution in [2.24, 2.45) is 0 Å². The van der Waals surface area contributed by atoms with Gasteiger partial charge in [0.05, 0.1) is 20.1 Å². The summed E-state index contributed by atoms with van der Waals surface area (Å²) in [6.07, 6.45) is 1.07. The Morgan fingerprint density at radius 3 is 2.48 bits per heavy atom. The summed E-state index contributed by atoms with van der Waals surface area (Å²) >= 11 is 0. The minimum Gasteiger partial charge on any atom is -0.497 e. The molecule has 2 N–H and O–H groups in total. The highest BCUT2D eigenvalue weighted by molar-refractivity contribution is 5.90. The Hall–Kier alpha value is -1.59. The molecule has 0 spiro atoms. The number of ether oxygens (including phenoxy) is 2. The van der Waals surface area contributed by atoms with Gasteiger partial charge in [0.2, 0.25) is 5.91 Å². The molecule has 0 radical (unpaired) electrons. The summed E-state index contributed by atoms with van der Waals surface area (Å²) < 4.78 is 10.8. The number of carbonyl (C=O) groups excluding carboxylic acids is 1. The molecule has 1 fully saturated rings. The number of hydrogen-bond donors (Lipinski definition) is 2. The van der Waals surface area contributed by atoms with Crippen LogP contribution in [0.15, 0.2) is 24.3 Å². The molecule has 1 amide bonds. The van der Waals surface area contributed by atoms with E-state index in [0.29, 0.717) is 6.42 Å². The molecule has 0 bridgehead atoms. The molecule has 0 saturated carbocycles. The summed E-state index contributed by atoms with van der Waals surface area (Å²) in [5.74, 6) is 0.841. The van der Waals surface area contributed by atoms with Gasteiger partial charge in [0.15, 0.2) is 0 Å². The van der Waals surface area contributed by atoms with Crippen molar-refractivity contribution >= 4 is 11.6 Å². The number of methoxy groups -OCH3 is 1. The Balaban J connectivity index is 1.76. The number of morpholine rings is 1. The Morgan fingerprint density at radius 2 is 1.90 bits per heavy atom. The normalized spacial score (nSPS) is 25.4. The van der Waals surface area contributed by atoms with E-state index in [9.17, 15) is 4.79 Å². The zero-order valence-electron chi connectivity index (χ0n) is 13.0. The van der Waals surface area contributed by atoms with Gasteiger partial charge in [-0.05, 0) is 38.1 Å². The van der Waals surface area contributed by atoms with Gasteiger partial charge >= 0.3 is 0 Å². The second kappa shape index (κ2) is 7.43. The highest BCUT2D eigenvalue weighted by Crippen LogP contribution is 2.14. The predicted octanol–water partition coefficient (Wildman–Crippen LogP) is 0.716. The van der Waals surface area contributed by atoms with Gasteiger partial charge in [0, 0.05) is 5.69 Å². The number of anilines is 1. The molecule has 5 nitrogen and oxygen atoms in total. The molecule has 2 rings (SSSR count). The maximum Gasteiger partial charge on any atom is 0.230 e. The van der Waals surface area contributed by atoms with E-state index < -0.39 is 0 Å². The van der Waals surface area contributed by atoms with Crippen molar-refractivity contribution in [3.63, 3.8) is 0 Å². The summed E-state index contributed by atoms with van der Waals surface area (Å²) in [7, 11) is 1.63. The molecular formula is C16H25N2O3+. The van der Waals surface area contributed by atoms with Gasteiger partial charge in [-0.2, -0.15) is 0 Å². The highest BCUT2D eigenvalue weighted by Gasteiger charge is 2.25. The maximum absolute atomic E-state index is 12.0. The van der Waals surface area contributed by atoms with Crippen LogP contribution in [0, 0.1) is 0 Å². The Morgan fingerprint density at radius 1 is 1.29 bits per heavy atom. The predicted molar refractivity (Wildman–Crippen MR) is 81.8 cm³/mol. The molecule has 1 aliphatic heterocycles. The highest BCUT2D eigenvalue weighted by atomic mass is 16.5. The average Bonchev–Trinajstić information content (AvgIpc) is 2.45. The lowest BCUT2D eigenvalue weighted by molar-refractivity contribution is -0.914. The zero-order valence-corrected chi connectivity index (χ0v) is 13.0. The van der Waals surface area contributed by atoms with E-state index >= 15 is 0 Å². The monoisotopic (exact) mass is 293 g/mol. The number of hydrogen-bond acceptors (Lipinski definition) is 3. The van der Waals surface area contributed by atoms with Crippen LogP contribution in [0.2, 0.25) is 0 Å². The van der Waals surface area contributed by atoms with Crippen molar-refractivity contribution in [1.29, 1.82) is 0 Å². The molecule has 1 saturated heterocycles. The van der Waals surface area contributed by atoms with Crippen molar-refractivity contribution in [3.8, 4) is 5.75 Å². The first-order chi connectivity index (χ1) is 10.1. The standard InChI is InChI=1S/C16H24N2O3/c1-12-10-18(11-13(2)21-12)9-8-16(19)17-14-4-6-15(20-3)7-5-14/h4-7,12-13H,8-11H2,1-3H3,(H,17,19)/p+1/t12-,13-/m1/s1. The minimum atomic E-state index is 0.0551. The zero-order chi connectivity index (χ0) is 15.2. The van der Waals surface area contributed by atoms with Gasteiger partial charge in [-0.15, -0.1) is 0 Å². The number of nitrogens with one attached hydrogen (secondary N) is 2. The van der Waals surface area contributed by atoms with E-state index in [0.717, 1.165) is 31.1 Å². The van der Waals surface area contributed by atoms with Crippen LogP contribution in [-0.4, -0.2) is 44.9 Å². The fraction of sp³-hybridized carbons (Fsp3) is 0.562. The van der Waals surface area contributed by atoms with Gasteiger partial charge in [0.25, 0.3) is 0 Å². The largest absolute Gasteiger partial charge is 0.497 e. The van der Waals surface area contributed by atoms with Crippen LogP contribution in [0.3, 0.4) is 0 Å². The van der Waals surface area contributed by atoms with Gasteiger partial charge in [-0.3, -0.25) is 4.79 Å². The van der Waals surface area contributed by atoms with Crippen molar-refractivity contribution in [2.45, 2.75) is 32.5 Å². The number of quaternary nitrogens is 1. The number of amides is 1. The lowest BCUT2D eigenvalue weighted by Gasteiger charge is -2.32. The third-order valence-electron chi connectivity index (χ3n) is 3.70. The van der Waals surface area contributed by atoms with E-state index in [1.54, 1.807) is 7.11 Å². The smallest absolute Gasteiger partial charge is 0.230 e. The van der Waals surface area contributed by atoms with Crippen molar-refractivity contribution < 1.29 is 19.2 Å². The quantitative estimate of drug-likeness (QED) is 0.841. The Bertz CT molecular complexity index is 451. The van der Waals surface area contributed by atoms with E-state index in [1.165, 1.54) is 4.90 Å². The van der Waals surface area contributed by atoms with E-state index in [2.05, 4.69) is 19.2 Å². The lowest BCUT2D eigenvalue weighted by Crippen LogP contribution is -3.15. The van der Waals surface area contributed by atoms with Crippen LogP contribution in [0.1, 0.15) is 20.3 Å². The summed E-state index contributed by atoms with van der Waals surface area (Å²) in [5, 5.41) is 2.92. The number of rotatable bonds is 5. The van der Waals surface area contributed by atoms with Crippen LogP contribution in [0.25, 0.3) is 0 Å². The van der Waals surface area contributed by atoms with Crippen molar-refractivity contribution in [2.75, 3.05) is 32.1 Å². The lowest BCUT2D eigenvalue weighted by atomic mass is 10.2. The second-order valence-electron chi connectivity index (χ2n) is 5.69. The average molecular weight is 293 g/mol. The van der Waals surface area contributed by atoms with Gasteiger partial charge < -0.3 is 19.7 Å². The van der Waals surface area contributed by atoms with Crippen molar-refractivity contribution in [3.05, 3.63) is 24.3 Å². The van der Waals surface area contributed by atoms with Crippen LogP contribution >= 0.6 is 0 Å². The van der Waals surface area contributed by atoms with E-state index in [4.69, 9.17) is 9.47 Å². The Labute approximate surface area is 126 Å². The summed E-state index contributed by atoms with van der Waals surface area (Å²) in [6, 6.07) is 7.38. The molecule has 21 heavy (non-hydrogen) atoms. The van der Waals surface area contributed by atoms with Gasteiger partial charge in [-0.1, -0.05) is 0 Å². The summed E-state index contributed by atoms with van der Waals surface area (Å²) in [4.78, 5) is 13.4. The van der Waals surface area contributed by atoms with Crippen LogP contribution in [0.5, 0.6) is 5.75 Å². The number of benzene rings is 1. The molecule has 1 aromatic carbocycles. The first kappa shape index (κ1) is 15.8. The fourth-order valence-electron chi connectivity index (χ4n) is 2.78. The molecule has 2 atom stereocenters. The molecular weight excluding hydrogens is 268 g/mol. The molecule has 0 aromatic heterocycles. The molecule has 1 heterocycles. The SMILES string of the molecule is COc1ccc(NC(=O)CC[NH+]2C[C@@H](C)O[C@H](C)C2)cc1. The fourth-order valence-corrected chi connectivity index (χ4v) is 2.78. The van der Waals surface area contributed by atoms with E-state index in [1.807, 2.05) is 24.3 Å². The van der Waals surface area contributed by atoms with Crippen LogP contribution in [-0.2, 0) is 9.53 Å². The molecule has 0 aliphatic carbocycles. The van der Waals surface area contributed by atoms with Gasteiger partial charge in [0.1, 0.15) is 31.0 Å². The molecule has 1 aromatic rings. The minimum absolute atomic E-state index is 0.0551. The van der Waals surface area contributed by atoms with Crippen LogP contribution in [0.4, 0.5) is 5.69 Å². The third kappa shape index (κ3) is 5.02. The molecule has 0 unspecified atom stereocenters. The summed E-state index contributed by atoms with van der Waals surface area (Å²) in [5.41, 5.74) is 0.805. The second-order valence-corrected chi connectivity index (χ2v) is 5.69. The van der Waals surface area contributed by atoms with Gasteiger partial charge in [-0.25, -0.2) is 0 Å². The first-order valence-electron chi connectivity index (χ1n) is 7.49. The summed E-state index contributed by atoms with van der Waals surface area (Å²) in [6.45, 7) is 6.97. The molecule has 5 heteroatoms. The topological polar surface area (TPSA) is 52.0 Å². The van der Waals surface area contributed by atoms with Crippen molar-refractivity contribution in [1.82, 2.24) is 0 Å². The maximum atomic E-state index is 12.0. The Kier molecular flexibility index (Phi) is 5.59. The number of carbonyl (C=O) groups is 1. The molecule has 1 aliphatic rings. The third-order valence-corrected chi connectivity index (χ3v) is 3.70. The first-order valence-corrected chi connectivity index (χ1v) is 7.49. The van der Waals surface area contributed by atoms with Crippen LogP contribution < -0.4 is 15.0 Å².